The molecule has 98 valence electrons. The van der Waals surface area contributed by atoms with E-state index in [4.69, 9.17) is 16.7 Å². The van der Waals surface area contributed by atoms with Gasteiger partial charge in [0.2, 0.25) is 0 Å². The van der Waals surface area contributed by atoms with Crippen LogP contribution < -0.4 is 5.32 Å². The van der Waals surface area contributed by atoms with Crippen LogP contribution in [0.1, 0.15) is 12.5 Å². The number of carboxylic acids is 1. The third-order valence-corrected chi connectivity index (χ3v) is 4.81. The van der Waals surface area contributed by atoms with Gasteiger partial charge in [0, 0.05) is 16.8 Å². The lowest BCUT2D eigenvalue weighted by Gasteiger charge is -2.40. The first kappa shape index (κ1) is 13.7. The van der Waals surface area contributed by atoms with Crippen molar-refractivity contribution in [1.29, 1.82) is 0 Å². The lowest BCUT2D eigenvalue weighted by Crippen LogP contribution is -2.56. The van der Waals surface area contributed by atoms with Crippen LogP contribution in [0.15, 0.2) is 24.3 Å². The topological polar surface area (TPSA) is 69.6 Å². The molecule has 1 aliphatic rings. The van der Waals surface area contributed by atoms with Crippen LogP contribution in [0.5, 0.6) is 0 Å². The minimum absolute atomic E-state index is 0.308. The summed E-state index contributed by atoms with van der Waals surface area (Å²) in [5.74, 6) is -0.592. The SMILES string of the molecule is C[C@@H]1N[C@@H](C(=O)O)CS[C@@]1(O)c1cccc(Cl)c1. The molecule has 4 nitrogen and oxygen atoms in total. The molecule has 1 fully saturated rings. The third kappa shape index (κ3) is 2.49. The minimum Gasteiger partial charge on any atom is -0.480 e. The maximum Gasteiger partial charge on any atom is 0.321 e. The van der Waals surface area contributed by atoms with Gasteiger partial charge in [0.15, 0.2) is 4.93 Å². The van der Waals surface area contributed by atoms with Gasteiger partial charge in [-0.15, -0.1) is 11.8 Å². The standard InChI is InChI=1S/C12H14ClNO3S/c1-7-12(17,8-3-2-4-9(13)5-8)18-6-10(14-7)11(15)16/h2-5,7,10,14,17H,6H2,1H3,(H,15,16)/t7-,10+,12+/m0/s1. The van der Waals surface area contributed by atoms with E-state index >= 15 is 0 Å². The largest absolute Gasteiger partial charge is 0.480 e. The van der Waals surface area contributed by atoms with Crippen molar-refractivity contribution in [2.24, 2.45) is 0 Å². The fourth-order valence-corrected chi connectivity index (χ4v) is 3.45. The van der Waals surface area contributed by atoms with E-state index < -0.39 is 16.9 Å². The molecule has 0 aromatic heterocycles. The normalized spacial score (nSPS) is 32.2. The smallest absolute Gasteiger partial charge is 0.321 e. The summed E-state index contributed by atoms with van der Waals surface area (Å²) in [5, 5.41) is 23.1. The van der Waals surface area contributed by atoms with Crippen LogP contribution in [0.25, 0.3) is 0 Å². The number of halogens is 1. The zero-order valence-corrected chi connectivity index (χ0v) is 11.3. The predicted octanol–water partition coefficient (Wildman–Crippen LogP) is 1.66. The van der Waals surface area contributed by atoms with E-state index in [0.29, 0.717) is 16.3 Å². The fraction of sp³-hybridized carbons (Fsp3) is 0.417. The van der Waals surface area contributed by atoms with Crippen molar-refractivity contribution in [3.63, 3.8) is 0 Å². The van der Waals surface area contributed by atoms with Crippen molar-refractivity contribution in [3.05, 3.63) is 34.9 Å². The second kappa shape index (κ2) is 5.09. The van der Waals surface area contributed by atoms with Crippen molar-refractivity contribution in [1.82, 2.24) is 5.32 Å². The Morgan fingerprint density at radius 3 is 2.89 bits per heavy atom. The van der Waals surface area contributed by atoms with Crippen molar-refractivity contribution in [2.75, 3.05) is 5.75 Å². The summed E-state index contributed by atoms with van der Waals surface area (Å²) in [4.78, 5) is 9.77. The van der Waals surface area contributed by atoms with Gasteiger partial charge in [-0.05, 0) is 24.6 Å². The molecule has 2 rings (SSSR count). The highest BCUT2D eigenvalue weighted by Crippen LogP contribution is 2.41. The molecule has 0 aliphatic carbocycles. The molecule has 0 bridgehead atoms. The molecule has 1 heterocycles. The first-order valence-electron chi connectivity index (χ1n) is 5.54. The van der Waals surface area contributed by atoms with E-state index in [9.17, 15) is 9.90 Å². The Labute approximate surface area is 114 Å². The summed E-state index contributed by atoms with van der Waals surface area (Å²) in [6.45, 7) is 1.77. The zero-order chi connectivity index (χ0) is 13.3. The van der Waals surface area contributed by atoms with Crippen molar-refractivity contribution in [2.45, 2.75) is 23.9 Å². The highest BCUT2D eigenvalue weighted by atomic mass is 35.5. The minimum atomic E-state index is -1.16. The van der Waals surface area contributed by atoms with Gasteiger partial charge < -0.3 is 10.2 Å². The van der Waals surface area contributed by atoms with Crippen LogP contribution in [-0.2, 0) is 9.73 Å². The zero-order valence-electron chi connectivity index (χ0n) is 9.76. The fourth-order valence-electron chi connectivity index (χ4n) is 1.99. The molecule has 18 heavy (non-hydrogen) atoms. The molecule has 1 aromatic rings. The Kier molecular flexibility index (Phi) is 3.87. The number of aliphatic hydroxyl groups is 1. The monoisotopic (exact) mass is 287 g/mol. The van der Waals surface area contributed by atoms with Gasteiger partial charge in [-0.25, -0.2) is 0 Å². The number of carbonyl (C=O) groups is 1. The molecule has 0 amide bonds. The van der Waals surface area contributed by atoms with Crippen molar-refractivity contribution < 1.29 is 15.0 Å². The Morgan fingerprint density at radius 2 is 2.33 bits per heavy atom. The van der Waals surface area contributed by atoms with Gasteiger partial charge in [-0.3, -0.25) is 10.1 Å². The number of hydrogen-bond acceptors (Lipinski definition) is 4. The molecule has 1 aromatic carbocycles. The molecule has 0 spiro atoms. The van der Waals surface area contributed by atoms with E-state index in [2.05, 4.69) is 5.32 Å². The second-order valence-corrected chi connectivity index (χ2v) is 5.98. The first-order valence-corrected chi connectivity index (χ1v) is 6.91. The van der Waals surface area contributed by atoms with Gasteiger partial charge in [0.1, 0.15) is 6.04 Å². The molecule has 3 N–H and O–H groups in total. The molecule has 0 radical (unpaired) electrons. The van der Waals surface area contributed by atoms with Crippen molar-refractivity contribution >= 4 is 29.3 Å². The molecule has 0 unspecified atom stereocenters. The summed E-state index contributed by atoms with van der Waals surface area (Å²) in [7, 11) is 0. The number of nitrogens with one attached hydrogen (secondary N) is 1. The molecule has 3 atom stereocenters. The maximum atomic E-state index is 10.9. The van der Waals surface area contributed by atoms with Crippen LogP contribution in [0.3, 0.4) is 0 Å². The molecular weight excluding hydrogens is 274 g/mol. The Morgan fingerprint density at radius 1 is 1.61 bits per heavy atom. The van der Waals surface area contributed by atoms with Crippen LogP contribution in [0, 0.1) is 0 Å². The number of hydrogen-bond donors (Lipinski definition) is 3. The number of aliphatic carboxylic acids is 1. The number of rotatable bonds is 2. The lowest BCUT2D eigenvalue weighted by atomic mass is 10.0. The Hall–Kier alpha value is -0.750. The van der Waals surface area contributed by atoms with Crippen molar-refractivity contribution in [3.8, 4) is 0 Å². The highest BCUT2D eigenvalue weighted by molar-refractivity contribution is 8.00. The summed E-state index contributed by atoms with van der Waals surface area (Å²) in [5.41, 5.74) is 0.684. The average Bonchev–Trinajstić information content (AvgIpc) is 2.32. The average molecular weight is 288 g/mol. The van der Waals surface area contributed by atoms with E-state index in [1.807, 2.05) is 0 Å². The van der Waals surface area contributed by atoms with Gasteiger partial charge in [-0.2, -0.15) is 0 Å². The Balaban J connectivity index is 2.25. The molecule has 1 saturated heterocycles. The van der Waals surface area contributed by atoms with Crippen LogP contribution >= 0.6 is 23.4 Å². The molecule has 6 heteroatoms. The third-order valence-electron chi connectivity index (χ3n) is 3.04. The first-order chi connectivity index (χ1) is 8.43. The van der Waals surface area contributed by atoms with Gasteiger partial charge in [-0.1, -0.05) is 23.7 Å². The quantitative estimate of drug-likeness (QED) is 0.772. The van der Waals surface area contributed by atoms with E-state index in [0.717, 1.165) is 0 Å². The highest BCUT2D eigenvalue weighted by Gasteiger charge is 2.43. The maximum absolute atomic E-state index is 10.9. The van der Waals surface area contributed by atoms with E-state index in [1.165, 1.54) is 11.8 Å². The lowest BCUT2D eigenvalue weighted by molar-refractivity contribution is -0.139. The second-order valence-electron chi connectivity index (χ2n) is 4.30. The van der Waals surface area contributed by atoms with Crippen LogP contribution in [0.4, 0.5) is 0 Å². The van der Waals surface area contributed by atoms with Gasteiger partial charge >= 0.3 is 5.97 Å². The summed E-state index contributed by atoms with van der Waals surface area (Å²) >= 11 is 7.14. The summed E-state index contributed by atoms with van der Waals surface area (Å²) in [6, 6.07) is 5.98. The summed E-state index contributed by atoms with van der Waals surface area (Å²) < 4.78 is 0. The van der Waals surface area contributed by atoms with E-state index in [1.54, 1.807) is 31.2 Å². The van der Waals surface area contributed by atoms with Crippen LogP contribution in [0.2, 0.25) is 5.02 Å². The molecular formula is C12H14ClNO3S. The van der Waals surface area contributed by atoms with E-state index in [-0.39, 0.29) is 6.04 Å². The Bertz CT molecular complexity index is 470. The molecule has 1 aliphatic heterocycles. The number of benzene rings is 1. The number of thioether (sulfide) groups is 1. The predicted molar refractivity (Wildman–Crippen MR) is 71.8 cm³/mol. The van der Waals surface area contributed by atoms with Gasteiger partial charge in [0.25, 0.3) is 0 Å². The molecule has 0 saturated carbocycles. The number of carboxylic acid groups (broad SMARTS) is 1. The van der Waals surface area contributed by atoms with Gasteiger partial charge in [0.05, 0.1) is 0 Å². The summed E-state index contributed by atoms with van der Waals surface area (Å²) in [6.07, 6.45) is 0. The van der Waals surface area contributed by atoms with Crippen LogP contribution in [-0.4, -0.2) is 34.0 Å².